The predicted octanol–water partition coefficient (Wildman–Crippen LogP) is 3.51. The van der Waals surface area contributed by atoms with E-state index >= 15 is 0 Å². The van der Waals surface area contributed by atoms with Crippen molar-refractivity contribution < 1.29 is 19.1 Å². The number of hydrogen-bond donors (Lipinski definition) is 3. The molecule has 0 aliphatic heterocycles. The molecule has 0 spiro atoms. The summed E-state index contributed by atoms with van der Waals surface area (Å²) < 4.78 is 5.32. The van der Waals surface area contributed by atoms with E-state index in [0.717, 1.165) is 5.56 Å². The van der Waals surface area contributed by atoms with Gasteiger partial charge in [-0.1, -0.05) is 60.1 Å². The number of fused-ring (bicyclic) bond motifs is 1. The average molecular weight is 489 g/mol. The zero-order valence-corrected chi connectivity index (χ0v) is 19.2. The van der Waals surface area contributed by atoms with Crippen LogP contribution in [0.2, 0.25) is 5.02 Å². The van der Waals surface area contributed by atoms with Crippen LogP contribution in [0.1, 0.15) is 10.4 Å². The summed E-state index contributed by atoms with van der Waals surface area (Å²) in [5, 5.41) is 3.65. The van der Waals surface area contributed by atoms with Crippen LogP contribution in [0.4, 0.5) is 0 Å². The number of halogens is 1. The number of benzene rings is 3. The van der Waals surface area contributed by atoms with E-state index in [-0.39, 0.29) is 13.2 Å². The molecule has 1 aromatic heterocycles. The second-order valence-corrected chi connectivity index (χ2v) is 7.90. The van der Waals surface area contributed by atoms with Gasteiger partial charge in [-0.25, -0.2) is 4.98 Å². The third-order valence-electron chi connectivity index (χ3n) is 4.98. The average Bonchev–Trinajstić information content (AvgIpc) is 2.89. The Hall–Kier alpha value is -4.43. The number of pyridine rings is 1. The number of hydrogen-bond acceptors (Lipinski definition) is 5. The van der Waals surface area contributed by atoms with E-state index in [2.05, 4.69) is 21.2 Å². The van der Waals surface area contributed by atoms with Crippen LogP contribution in [0.3, 0.4) is 0 Å². The molecule has 1 heterocycles. The van der Waals surface area contributed by atoms with Gasteiger partial charge in [0.15, 0.2) is 6.61 Å². The fourth-order valence-electron chi connectivity index (χ4n) is 3.27. The van der Waals surface area contributed by atoms with Crippen molar-refractivity contribution in [2.45, 2.75) is 0 Å². The summed E-state index contributed by atoms with van der Waals surface area (Å²) in [6.07, 6.45) is 0. The Balaban J connectivity index is 1.37. The van der Waals surface area contributed by atoms with Crippen LogP contribution >= 0.6 is 11.6 Å². The number of rotatable bonds is 7. The van der Waals surface area contributed by atoms with Crippen molar-refractivity contribution in [1.82, 2.24) is 21.2 Å². The molecule has 0 saturated heterocycles. The van der Waals surface area contributed by atoms with Gasteiger partial charge in [-0.2, -0.15) is 0 Å². The highest BCUT2D eigenvalue weighted by molar-refractivity contribution is 6.30. The Morgan fingerprint density at radius 1 is 0.829 bits per heavy atom. The number of hydrazine groups is 1. The number of ether oxygens (including phenoxy) is 1. The van der Waals surface area contributed by atoms with Crippen molar-refractivity contribution in [3.8, 4) is 17.0 Å². The number of aromatic nitrogens is 1. The van der Waals surface area contributed by atoms with Gasteiger partial charge in [-0.15, -0.1) is 0 Å². The van der Waals surface area contributed by atoms with Crippen LogP contribution in [0.5, 0.6) is 5.75 Å². The van der Waals surface area contributed by atoms with E-state index in [9.17, 15) is 14.4 Å². The number of nitrogens with zero attached hydrogens (tertiary/aromatic N) is 1. The highest BCUT2D eigenvalue weighted by Crippen LogP contribution is 2.25. The molecule has 176 valence electrons. The number of para-hydroxylation sites is 2. The number of nitrogens with one attached hydrogen (secondary N) is 3. The third-order valence-corrected chi connectivity index (χ3v) is 5.23. The summed E-state index contributed by atoms with van der Waals surface area (Å²) in [5.74, 6) is -1.04. The van der Waals surface area contributed by atoms with Gasteiger partial charge in [0.1, 0.15) is 5.75 Å². The van der Waals surface area contributed by atoms with Crippen molar-refractivity contribution in [1.29, 1.82) is 0 Å². The molecule has 0 fully saturated rings. The summed E-state index contributed by atoms with van der Waals surface area (Å²) >= 11 is 5.98. The lowest BCUT2D eigenvalue weighted by molar-refractivity contribution is -0.127. The number of amides is 3. The normalized spacial score (nSPS) is 10.4. The van der Waals surface area contributed by atoms with Gasteiger partial charge in [-0.3, -0.25) is 25.2 Å². The third kappa shape index (κ3) is 6.33. The minimum atomic E-state index is -0.595. The topological polar surface area (TPSA) is 109 Å². The Kier molecular flexibility index (Phi) is 7.54. The quantitative estimate of drug-likeness (QED) is 0.345. The molecule has 0 unspecified atom stereocenters. The first-order chi connectivity index (χ1) is 17.0. The monoisotopic (exact) mass is 488 g/mol. The molecule has 0 aliphatic rings. The smallest absolute Gasteiger partial charge is 0.270 e. The van der Waals surface area contributed by atoms with Crippen LogP contribution in [0.15, 0.2) is 84.9 Å². The summed E-state index contributed by atoms with van der Waals surface area (Å²) in [7, 11) is 0. The van der Waals surface area contributed by atoms with E-state index in [1.165, 1.54) is 0 Å². The van der Waals surface area contributed by atoms with Crippen molar-refractivity contribution >= 4 is 40.2 Å². The van der Waals surface area contributed by atoms with Gasteiger partial charge in [0.2, 0.25) is 0 Å². The zero-order valence-electron chi connectivity index (χ0n) is 18.5. The fourth-order valence-corrected chi connectivity index (χ4v) is 3.39. The molecule has 0 radical (unpaired) electrons. The zero-order chi connectivity index (χ0) is 24.6. The molecule has 0 atom stereocenters. The molecule has 8 nitrogen and oxygen atoms in total. The van der Waals surface area contributed by atoms with Gasteiger partial charge in [0, 0.05) is 16.0 Å². The van der Waals surface area contributed by atoms with E-state index in [4.69, 9.17) is 16.3 Å². The second kappa shape index (κ2) is 11.1. The molecule has 35 heavy (non-hydrogen) atoms. The summed E-state index contributed by atoms with van der Waals surface area (Å²) in [6.45, 7) is -0.565. The first-order valence-electron chi connectivity index (χ1n) is 10.7. The molecule has 3 aromatic carbocycles. The Morgan fingerprint density at radius 3 is 2.31 bits per heavy atom. The van der Waals surface area contributed by atoms with E-state index in [1.54, 1.807) is 60.7 Å². The maximum Gasteiger partial charge on any atom is 0.270 e. The van der Waals surface area contributed by atoms with E-state index < -0.39 is 17.7 Å². The highest BCUT2D eigenvalue weighted by atomic mass is 35.5. The first-order valence-corrected chi connectivity index (χ1v) is 11.1. The maximum absolute atomic E-state index is 12.9. The van der Waals surface area contributed by atoms with E-state index in [0.29, 0.717) is 32.9 Å². The van der Waals surface area contributed by atoms with Crippen molar-refractivity contribution in [2.75, 3.05) is 13.2 Å². The minimum Gasteiger partial charge on any atom is -0.484 e. The van der Waals surface area contributed by atoms with Gasteiger partial charge in [-0.05, 0) is 36.4 Å². The molecule has 9 heteroatoms. The molecule has 3 amide bonds. The Morgan fingerprint density at radius 2 is 1.54 bits per heavy atom. The lowest BCUT2D eigenvalue weighted by Crippen LogP contribution is -2.47. The number of carbonyl (C=O) groups is 3. The standard InChI is InChI=1S/C26H21ClN4O4/c27-18-12-10-17(11-13-18)23-14-21(20-8-4-5-9-22(20)29-23)26(34)31-30-24(32)15-28-25(33)16-35-19-6-2-1-3-7-19/h1-14H,15-16H2,(H,28,33)(H,30,32)(H,31,34). The lowest BCUT2D eigenvalue weighted by Gasteiger charge is -2.12. The Bertz CT molecular complexity index is 1360. The van der Waals surface area contributed by atoms with Crippen molar-refractivity contribution in [3.63, 3.8) is 0 Å². The fraction of sp³-hybridized carbons (Fsp3) is 0.0769. The Labute approximate surface area is 206 Å². The highest BCUT2D eigenvalue weighted by Gasteiger charge is 2.15. The van der Waals surface area contributed by atoms with Crippen LogP contribution in [-0.4, -0.2) is 35.9 Å². The maximum atomic E-state index is 12.9. The van der Waals surface area contributed by atoms with Gasteiger partial charge >= 0.3 is 0 Å². The van der Waals surface area contributed by atoms with Crippen LogP contribution in [0, 0.1) is 0 Å². The molecule has 0 bridgehead atoms. The summed E-state index contributed by atoms with van der Waals surface area (Å²) in [6, 6.07) is 24.8. The van der Waals surface area contributed by atoms with Crippen LogP contribution < -0.4 is 20.9 Å². The minimum absolute atomic E-state index is 0.236. The molecular formula is C26H21ClN4O4. The molecular weight excluding hydrogens is 468 g/mol. The van der Waals surface area contributed by atoms with Gasteiger partial charge < -0.3 is 10.1 Å². The molecule has 3 N–H and O–H groups in total. The molecule has 0 aliphatic carbocycles. The second-order valence-electron chi connectivity index (χ2n) is 7.46. The summed E-state index contributed by atoms with van der Waals surface area (Å²) in [4.78, 5) is 41.6. The SMILES string of the molecule is O=C(COc1ccccc1)NCC(=O)NNC(=O)c1cc(-c2ccc(Cl)cc2)nc2ccccc12. The molecule has 4 rings (SSSR count). The van der Waals surface area contributed by atoms with Crippen LogP contribution in [0.25, 0.3) is 22.2 Å². The number of carbonyl (C=O) groups excluding carboxylic acids is 3. The summed E-state index contributed by atoms with van der Waals surface area (Å²) in [5.41, 5.74) is 7.04. The predicted molar refractivity (Wildman–Crippen MR) is 133 cm³/mol. The molecule has 4 aromatic rings. The van der Waals surface area contributed by atoms with Gasteiger partial charge in [0.05, 0.1) is 23.3 Å². The van der Waals surface area contributed by atoms with Crippen molar-refractivity contribution in [2.24, 2.45) is 0 Å². The van der Waals surface area contributed by atoms with E-state index in [1.807, 2.05) is 24.3 Å². The molecule has 0 saturated carbocycles. The van der Waals surface area contributed by atoms with Crippen LogP contribution in [-0.2, 0) is 9.59 Å². The lowest BCUT2D eigenvalue weighted by atomic mass is 10.0. The largest absolute Gasteiger partial charge is 0.484 e. The van der Waals surface area contributed by atoms with Crippen molar-refractivity contribution in [3.05, 3.63) is 95.5 Å². The van der Waals surface area contributed by atoms with Gasteiger partial charge in [0.25, 0.3) is 17.7 Å². The first kappa shape index (κ1) is 23.7.